The standard InChI is InChI=1S/C20H34N4.HI/c1-16-9-8-12-24(14-16)15-18-11-7-6-10-17(18)13-22-19(21-5)23-20(2,3)4;/h6-7,10-11,16H,8-9,12-15H2,1-5H3,(H2,21,22,23);1H. The van der Waals surface area contributed by atoms with Crippen LogP contribution in [0.25, 0.3) is 0 Å². The quantitative estimate of drug-likeness (QED) is 0.407. The molecule has 0 aromatic heterocycles. The molecule has 1 heterocycles. The Morgan fingerprint density at radius 3 is 2.52 bits per heavy atom. The summed E-state index contributed by atoms with van der Waals surface area (Å²) in [5.41, 5.74) is 2.78. The first-order valence-corrected chi connectivity index (χ1v) is 9.15. The fourth-order valence-electron chi connectivity index (χ4n) is 3.27. The maximum absolute atomic E-state index is 4.33. The molecule has 0 spiro atoms. The van der Waals surface area contributed by atoms with E-state index in [4.69, 9.17) is 0 Å². The first-order valence-electron chi connectivity index (χ1n) is 9.15. The van der Waals surface area contributed by atoms with Crippen molar-refractivity contribution in [1.29, 1.82) is 0 Å². The van der Waals surface area contributed by atoms with E-state index >= 15 is 0 Å². The summed E-state index contributed by atoms with van der Waals surface area (Å²) in [5.74, 6) is 1.67. The number of likely N-dealkylation sites (tertiary alicyclic amines) is 1. The second-order valence-corrected chi connectivity index (χ2v) is 8.05. The van der Waals surface area contributed by atoms with Gasteiger partial charge in [-0.1, -0.05) is 31.2 Å². The van der Waals surface area contributed by atoms with E-state index in [0.29, 0.717) is 0 Å². The monoisotopic (exact) mass is 458 g/mol. The lowest BCUT2D eigenvalue weighted by atomic mass is 9.99. The summed E-state index contributed by atoms with van der Waals surface area (Å²) in [6, 6.07) is 8.75. The zero-order valence-electron chi connectivity index (χ0n) is 16.4. The van der Waals surface area contributed by atoms with Crippen LogP contribution in [0.3, 0.4) is 0 Å². The molecule has 2 rings (SSSR count). The van der Waals surface area contributed by atoms with Crippen LogP contribution in [0.1, 0.15) is 51.7 Å². The van der Waals surface area contributed by atoms with Gasteiger partial charge in [-0.05, 0) is 57.2 Å². The zero-order chi connectivity index (χ0) is 17.6. The molecule has 1 unspecified atom stereocenters. The van der Waals surface area contributed by atoms with Gasteiger partial charge in [0.25, 0.3) is 0 Å². The van der Waals surface area contributed by atoms with E-state index in [0.717, 1.165) is 25.0 Å². The van der Waals surface area contributed by atoms with E-state index in [1.165, 1.54) is 37.1 Å². The maximum Gasteiger partial charge on any atom is 0.191 e. The fraction of sp³-hybridized carbons (Fsp3) is 0.650. The zero-order valence-corrected chi connectivity index (χ0v) is 18.8. The summed E-state index contributed by atoms with van der Waals surface area (Å²) in [5, 5.41) is 6.86. The van der Waals surface area contributed by atoms with Crippen molar-refractivity contribution in [1.82, 2.24) is 15.5 Å². The Hall–Kier alpha value is -0.820. The minimum Gasteiger partial charge on any atom is -0.352 e. The maximum atomic E-state index is 4.33. The predicted octanol–water partition coefficient (Wildman–Crippen LogP) is 4.00. The van der Waals surface area contributed by atoms with Crippen LogP contribution >= 0.6 is 24.0 Å². The molecule has 0 radical (unpaired) electrons. The van der Waals surface area contributed by atoms with Gasteiger partial charge in [-0.15, -0.1) is 24.0 Å². The molecule has 2 N–H and O–H groups in total. The fourth-order valence-corrected chi connectivity index (χ4v) is 3.27. The Morgan fingerprint density at radius 1 is 1.24 bits per heavy atom. The highest BCUT2D eigenvalue weighted by molar-refractivity contribution is 14.0. The van der Waals surface area contributed by atoms with E-state index in [1.807, 2.05) is 7.05 Å². The SMILES string of the molecule is CN=C(NCc1ccccc1CN1CCCC(C)C1)NC(C)(C)C.I. The summed E-state index contributed by atoms with van der Waals surface area (Å²) in [4.78, 5) is 6.92. The molecule has 25 heavy (non-hydrogen) atoms. The third-order valence-electron chi connectivity index (χ3n) is 4.42. The molecule has 1 saturated heterocycles. The van der Waals surface area contributed by atoms with Gasteiger partial charge in [-0.2, -0.15) is 0 Å². The Morgan fingerprint density at radius 2 is 1.92 bits per heavy atom. The molecule has 1 aliphatic heterocycles. The third-order valence-corrected chi connectivity index (χ3v) is 4.42. The van der Waals surface area contributed by atoms with Gasteiger partial charge in [0.05, 0.1) is 0 Å². The Balaban J connectivity index is 0.00000312. The van der Waals surface area contributed by atoms with Gasteiger partial charge in [-0.25, -0.2) is 0 Å². The molecule has 1 fully saturated rings. The summed E-state index contributed by atoms with van der Waals surface area (Å²) in [6.07, 6.45) is 2.69. The van der Waals surface area contributed by atoms with Crippen molar-refractivity contribution in [3.05, 3.63) is 35.4 Å². The summed E-state index contributed by atoms with van der Waals surface area (Å²) in [6.45, 7) is 13.1. The Labute approximate surface area is 170 Å². The van der Waals surface area contributed by atoms with E-state index in [-0.39, 0.29) is 29.5 Å². The molecular formula is C20H35IN4. The number of halogens is 1. The second kappa shape index (κ2) is 10.4. The number of benzene rings is 1. The predicted molar refractivity (Wildman–Crippen MR) is 119 cm³/mol. The molecule has 5 heteroatoms. The van der Waals surface area contributed by atoms with E-state index in [2.05, 4.69) is 72.5 Å². The molecule has 1 aliphatic rings. The van der Waals surface area contributed by atoms with E-state index in [9.17, 15) is 0 Å². The third kappa shape index (κ3) is 7.94. The van der Waals surface area contributed by atoms with Crippen molar-refractivity contribution in [3.8, 4) is 0 Å². The van der Waals surface area contributed by atoms with Crippen LogP contribution in [0.4, 0.5) is 0 Å². The topological polar surface area (TPSA) is 39.7 Å². The summed E-state index contributed by atoms with van der Waals surface area (Å²) >= 11 is 0. The number of hydrogen-bond donors (Lipinski definition) is 2. The van der Waals surface area contributed by atoms with Gasteiger partial charge in [0.15, 0.2) is 5.96 Å². The number of nitrogens with zero attached hydrogens (tertiary/aromatic N) is 2. The van der Waals surface area contributed by atoms with Crippen LogP contribution in [0.2, 0.25) is 0 Å². The molecule has 1 aromatic carbocycles. The Bertz CT molecular complexity index is 551. The minimum atomic E-state index is 0. The van der Waals surface area contributed by atoms with Crippen LogP contribution in [-0.4, -0.2) is 36.5 Å². The number of hydrogen-bond acceptors (Lipinski definition) is 2. The molecule has 1 atom stereocenters. The van der Waals surface area contributed by atoms with Crippen molar-refractivity contribution < 1.29 is 0 Å². The molecule has 4 nitrogen and oxygen atoms in total. The van der Waals surface area contributed by atoms with Crippen LogP contribution in [-0.2, 0) is 13.1 Å². The number of aliphatic imine (C=N–C) groups is 1. The van der Waals surface area contributed by atoms with Crippen LogP contribution in [0.5, 0.6) is 0 Å². The lowest BCUT2D eigenvalue weighted by Crippen LogP contribution is -2.47. The molecule has 0 saturated carbocycles. The Kier molecular flexibility index (Phi) is 9.21. The summed E-state index contributed by atoms with van der Waals surface area (Å²) in [7, 11) is 1.82. The molecule has 1 aromatic rings. The number of nitrogens with one attached hydrogen (secondary N) is 2. The largest absolute Gasteiger partial charge is 0.352 e. The first kappa shape index (κ1) is 22.2. The van der Waals surface area contributed by atoms with Crippen LogP contribution < -0.4 is 10.6 Å². The van der Waals surface area contributed by atoms with Gasteiger partial charge in [0.1, 0.15) is 0 Å². The molecule has 0 amide bonds. The highest BCUT2D eigenvalue weighted by atomic mass is 127. The van der Waals surface area contributed by atoms with Crippen molar-refractivity contribution in [2.45, 2.75) is 59.2 Å². The van der Waals surface area contributed by atoms with Gasteiger partial charge in [-0.3, -0.25) is 9.89 Å². The smallest absolute Gasteiger partial charge is 0.191 e. The van der Waals surface area contributed by atoms with Gasteiger partial charge < -0.3 is 10.6 Å². The van der Waals surface area contributed by atoms with E-state index < -0.39 is 0 Å². The lowest BCUT2D eigenvalue weighted by Gasteiger charge is -2.31. The van der Waals surface area contributed by atoms with Crippen molar-refractivity contribution in [2.75, 3.05) is 20.1 Å². The number of piperidine rings is 1. The lowest BCUT2D eigenvalue weighted by molar-refractivity contribution is 0.176. The highest BCUT2D eigenvalue weighted by Gasteiger charge is 2.17. The normalized spacial score (nSPS) is 19.2. The van der Waals surface area contributed by atoms with Crippen molar-refractivity contribution >= 4 is 29.9 Å². The van der Waals surface area contributed by atoms with Gasteiger partial charge in [0.2, 0.25) is 0 Å². The van der Waals surface area contributed by atoms with Crippen LogP contribution in [0, 0.1) is 5.92 Å². The minimum absolute atomic E-state index is 0. The van der Waals surface area contributed by atoms with Gasteiger partial charge in [0, 0.05) is 32.2 Å². The number of rotatable bonds is 4. The van der Waals surface area contributed by atoms with Crippen LogP contribution in [0.15, 0.2) is 29.3 Å². The molecular weight excluding hydrogens is 423 g/mol. The summed E-state index contributed by atoms with van der Waals surface area (Å²) < 4.78 is 0. The second-order valence-electron chi connectivity index (χ2n) is 8.05. The first-order chi connectivity index (χ1) is 11.4. The number of guanidine groups is 1. The highest BCUT2D eigenvalue weighted by Crippen LogP contribution is 2.19. The molecule has 142 valence electrons. The average molecular weight is 458 g/mol. The molecule has 0 aliphatic carbocycles. The molecule has 0 bridgehead atoms. The van der Waals surface area contributed by atoms with Crippen molar-refractivity contribution in [3.63, 3.8) is 0 Å². The van der Waals surface area contributed by atoms with Crippen molar-refractivity contribution in [2.24, 2.45) is 10.9 Å². The van der Waals surface area contributed by atoms with E-state index in [1.54, 1.807) is 0 Å². The van der Waals surface area contributed by atoms with Gasteiger partial charge >= 0.3 is 0 Å². The average Bonchev–Trinajstić information content (AvgIpc) is 2.51.